The topological polar surface area (TPSA) is 59.9 Å². The normalized spacial score (nSPS) is 17.4. The Morgan fingerprint density at radius 3 is 2.64 bits per heavy atom. The van der Waals surface area contributed by atoms with E-state index in [1.807, 2.05) is 37.4 Å². The largest absolute Gasteiger partial charge is 0.381 e. The van der Waals surface area contributed by atoms with Crippen LogP contribution in [0, 0.1) is 6.92 Å². The number of hydrogen-bond donors (Lipinski definition) is 1. The maximum Gasteiger partial charge on any atom is 0.156 e. The molecule has 4 rings (SSSR count). The van der Waals surface area contributed by atoms with E-state index in [0.717, 1.165) is 27.7 Å². The molecule has 0 saturated carbocycles. The van der Waals surface area contributed by atoms with Gasteiger partial charge in [0.15, 0.2) is 5.82 Å². The minimum Gasteiger partial charge on any atom is -0.381 e. The minimum atomic E-state index is -1.26. The Bertz CT molecular complexity index is 972. The van der Waals surface area contributed by atoms with Crippen molar-refractivity contribution in [2.75, 3.05) is 25.1 Å². The van der Waals surface area contributed by atoms with Gasteiger partial charge in [-0.3, -0.25) is 4.98 Å². The summed E-state index contributed by atoms with van der Waals surface area (Å²) in [6.45, 7) is 5.25. The van der Waals surface area contributed by atoms with Gasteiger partial charge in [-0.25, -0.2) is 4.39 Å². The third-order valence-electron chi connectivity index (χ3n) is 5.51. The third-order valence-corrected chi connectivity index (χ3v) is 5.51. The zero-order chi connectivity index (χ0) is 19.6. The van der Waals surface area contributed by atoms with E-state index >= 15 is 0 Å². The average Bonchev–Trinajstić information content (AvgIpc) is 2.72. The van der Waals surface area contributed by atoms with E-state index in [-0.39, 0.29) is 12.5 Å². The van der Waals surface area contributed by atoms with Gasteiger partial charge in [-0.1, -0.05) is 31.2 Å². The Morgan fingerprint density at radius 2 is 1.89 bits per heavy atom. The van der Waals surface area contributed by atoms with Gasteiger partial charge in [-0.2, -0.15) is 5.10 Å². The van der Waals surface area contributed by atoms with Gasteiger partial charge in [0, 0.05) is 54.6 Å². The van der Waals surface area contributed by atoms with E-state index < -0.39 is 5.67 Å². The highest BCUT2D eigenvalue weighted by molar-refractivity contribution is 5.93. The van der Waals surface area contributed by atoms with Gasteiger partial charge in [-0.05, 0) is 24.6 Å². The molecule has 1 N–H and O–H groups in total. The number of hydrogen-bond acceptors (Lipinski definition) is 5. The lowest BCUT2D eigenvalue weighted by molar-refractivity contribution is -0.00118. The number of aryl methyl sites for hydroxylation is 1. The Kier molecular flexibility index (Phi) is 5.22. The first kappa shape index (κ1) is 18.7. The van der Waals surface area contributed by atoms with Crippen LogP contribution in [0.25, 0.3) is 10.8 Å². The molecule has 0 spiro atoms. The molecule has 1 fully saturated rings. The lowest BCUT2D eigenvalue weighted by atomic mass is 9.94. The second kappa shape index (κ2) is 7.80. The Balaban J connectivity index is 1.65. The first-order valence-corrected chi connectivity index (χ1v) is 9.74. The summed E-state index contributed by atoms with van der Waals surface area (Å²) in [6.07, 6.45) is 2.63. The number of benzene rings is 1. The van der Waals surface area contributed by atoms with E-state index in [1.54, 1.807) is 0 Å². The quantitative estimate of drug-likeness (QED) is 0.710. The van der Waals surface area contributed by atoms with Crippen molar-refractivity contribution in [1.82, 2.24) is 15.2 Å². The summed E-state index contributed by atoms with van der Waals surface area (Å²) in [6, 6.07) is 12.1. The molecule has 2 aromatic heterocycles. The molecule has 1 atom stereocenters. The predicted octanol–water partition coefficient (Wildman–Crippen LogP) is 4.42. The average molecular weight is 380 g/mol. The van der Waals surface area contributed by atoms with Crippen molar-refractivity contribution in [3.8, 4) is 0 Å². The Hall–Kier alpha value is -2.60. The molecule has 1 unspecified atom stereocenters. The van der Waals surface area contributed by atoms with Gasteiger partial charge >= 0.3 is 0 Å². The van der Waals surface area contributed by atoms with Crippen LogP contribution in [-0.2, 0) is 4.74 Å². The molecule has 1 saturated heterocycles. The smallest absolute Gasteiger partial charge is 0.156 e. The molecule has 1 aliphatic heterocycles. The van der Waals surface area contributed by atoms with Crippen molar-refractivity contribution < 1.29 is 9.13 Å². The SMILES string of the molecule is Cc1cc(C(C)c2nnc(NCC3(F)CCOCC3)c3ccccc23)ccn1. The van der Waals surface area contributed by atoms with Crippen LogP contribution in [0.3, 0.4) is 0 Å². The lowest BCUT2D eigenvalue weighted by Gasteiger charge is -2.29. The van der Waals surface area contributed by atoms with Crippen LogP contribution in [0.1, 0.15) is 42.6 Å². The van der Waals surface area contributed by atoms with Crippen LogP contribution in [-0.4, -0.2) is 40.6 Å². The number of rotatable bonds is 5. The van der Waals surface area contributed by atoms with Crippen LogP contribution in [0.15, 0.2) is 42.6 Å². The monoisotopic (exact) mass is 380 g/mol. The number of anilines is 1. The first-order valence-electron chi connectivity index (χ1n) is 9.74. The van der Waals surface area contributed by atoms with Crippen LogP contribution in [0.5, 0.6) is 0 Å². The van der Waals surface area contributed by atoms with Crippen LogP contribution >= 0.6 is 0 Å². The number of nitrogens with zero attached hydrogens (tertiary/aromatic N) is 3. The third kappa shape index (κ3) is 3.83. The van der Waals surface area contributed by atoms with Crippen LogP contribution in [0.4, 0.5) is 10.2 Å². The highest BCUT2D eigenvalue weighted by Crippen LogP contribution is 2.32. The van der Waals surface area contributed by atoms with E-state index in [1.165, 1.54) is 0 Å². The molecule has 0 radical (unpaired) electrons. The van der Waals surface area contributed by atoms with Gasteiger partial charge in [0.1, 0.15) is 5.67 Å². The summed E-state index contributed by atoms with van der Waals surface area (Å²) in [4.78, 5) is 4.28. The van der Waals surface area contributed by atoms with Crippen LogP contribution in [0.2, 0.25) is 0 Å². The van der Waals surface area contributed by atoms with Crippen molar-refractivity contribution in [3.05, 3.63) is 59.5 Å². The molecular weight excluding hydrogens is 355 g/mol. The number of nitrogens with one attached hydrogen (secondary N) is 1. The number of halogens is 1. The van der Waals surface area contributed by atoms with Gasteiger partial charge < -0.3 is 10.1 Å². The van der Waals surface area contributed by atoms with Crippen molar-refractivity contribution >= 4 is 16.6 Å². The molecule has 1 aliphatic rings. The fraction of sp³-hybridized carbons (Fsp3) is 0.409. The molecule has 6 heteroatoms. The van der Waals surface area contributed by atoms with Gasteiger partial charge in [0.25, 0.3) is 0 Å². The molecule has 0 amide bonds. The van der Waals surface area contributed by atoms with E-state index in [4.69, 9.17) is 4.74 Å². The van der Waals surface area contributed by atoms with E-state index in [0.29, 0.717) is 31.9 Å². The van der Waals surface area contributed by atoms with Gasteiger partial charge in [0.05, 0.1) is 12.2 Å². The van der Waals surface area contributed by atoms with Crippen molar-refractivity contribution in [3.63, 3.8) is 0 Å². The van der Waals surface area contributed by atoms with Gasteiger partial charge in [-0.15, -0.1) is 5.10 Å². The molecule has 5 nitrogen and oxygen atoms in total. The number of ether oxygens (including phenoxy) is 1. The van der Waals surface area contributed by atoms with E-state index in [2.05, 4.69) is 39.6 Å². The predicted molar refractivity (Wildman–Crippen MR) is 108 cm³/mol. The molecule has 146 valence electrons. The van der Waals surface area contributed by atoms with E-state index in [9.17, 15) is 4.39 Å². The first-order chi connectivity index (χ1) is 13.6. The number of alkyl halides is 1. The Morgan fingerprint density at radius 1 is 1.14 bits per heavy atom. The molecule has 3 aromatic rings. The zero-order valence-electron chi connectivity index (χ0n) is 16.3. The Labute approximate surface area is 164 Å². The number of pyridine rings is 1. The molecule has 0 aliphatic carbocycles. The fourth-order valence-electron chi connectivity index (χ4n) is 3.73. The maximum atomic E-state index is 14.9. The summed E-state index contributed by atoms with van der Waals surface area (Å²) in [5.74, 6) is 0.706. The number of fused-ring (bicyclic) bond motifs is 1. The maximum absolute atomic E-state index is 14.9. The minimum absolute atomic E-state index is 0.0798. The molecule has 28 heavy (non-hydrogen) atoms. The summed E-state index contributed by atoms with van der Waals surface area (Å²) in [5, 5.41) is 14.1. The molecule has 3 heterocycles. The van der Waals surface area contributed by atoms with Crippen molar-refractivity contribution in [2.45, 2.75) is 38.3 Å². The summed E-state index contributed by atoms with van der Waals surface area (Å²) < 4.78 is 20.2. The lowest BCUT2D eigenvalue weighted by Crippen LogP contribution is -2.38. The second-order valence-corrected chi connectivity index (χ2v) is 7.55. The second-order valence-electron chi connectivity index (χ2n) is 7.55. The summed E-state index contributed by atoms with van der Waals surface area (Å²) in [5.41, 5.74) is 1.77. The highest BCUT2D eigenvalue weighted by atomic mass is 19.1. The summed E-state index contributed by atoms with van der Waals surface area (Å²) in [7, 11) is 0. The van der Waals surface area contributed by atoms with Gasteiger partial charge in [0.2, 0.25) is 0 Å². The fourth-order valence-corrected chi connectivity index (χ4v) is 3.73. The number of aromatic nitrogens is 3. The molecular formula is C22H25FN4O. The molecule has 0 bridgehead atoms. The van der Waals surface area contributed by atoms with Crippen molar-refractivity contribution in [1.29, 1.82) is 0 Å². The van der Waals surface area contributed by atoms with Crippen molar-refractivity contribution in [2.24, 2.45) is 0 Å². The van der Waals surface area contributed by atoms with Crippen LogP contribution < -0.4 is 5.32 Å². The molecule has 1 aromatic carbocycles. The highest BCUT2D eigenvalue weighted by Gasteiger charge is 2.32. The summed E-state index contributed by atoms with van der Waals surface area (Å²) >= 11 is 0. The standard InChI is InChI=1S/C22H25FN4O/c1-15-13-17(7-10-24-15)16(2)20-18-5-3-4-6-19(18)21(27-26-20)25-14-22(23)8-11-28-12-9-22/h3-7,10,13,16H,8-9,11-12,14H2,1-2H3,(H,25,27). The zero-order valence-corrected chi connectivity index (χ0v) is 16.3.